The van der Waals surface area contributed by atoms with Crippen molar-refractivity contribution in [3.05, 3.63) is 28.5 Å². The van der Waals surface area contributed by atoms with E-state index in [1.165, 1.54) is 19.3 Å². The second-order valence-electron chi connectivity index (χ2n) is 4.06. The molecule has 0 aromatic carbocycles. The minimum atomic E-state index is 0.580. The molecular weight excluding hydrogens is 254 g/mol. The average molecular weight is 266 g/mol. The number of halogens is 1. The number of fused-ring (bicyclic) bond motifs is 1. The zero-order chi connectivity index (χ0) is 10.4. The van der Waals surface area contributed by atoms with E-state index in [9.17, 15) is 0 Å². The number of nitrogens with zero attached hydrogens (tertiary/aromatic N) is 2. The largest absolute Gasteiger partial charge is 0.383 e. The fraction of sp³-hybridized carbons (Fsp3) is 0.364. The summed E-state index contributed by atoms with van der Waals surface area (Å²) in [4.78, 5) is 4.62. The summed E-state index contributed by atoms with van der Waals surface area (Å²) in [6, 6.07) is 3.96. The number of pyridine rings is 1. The maximum atomic E-state index is 6.10. The van der Waals surface area contributed by atoms with Gasteiger partial charge in [-0.1, -0.05) is 6.42 Å². The topological polar surface area (TPSA) is 43.3 Å². The second-order valence-corrected chi connectivity index (χ2v) is 4.91. The number of aromatic nitrogens is 2. The van der Waals surface area contributed by atoms with Gasteiger partial charge in [0.1, 0.15) is 5.82 Å². The summed E-state index contributed by atoms with van der Waals surface area (Å²) in [5, 5.41) is 0. The Morgan fingerprint density at radius 2 is 2.27 bits per heavy atom. The highest BCUT2D eigenvalue weighted by Gasteiger charge is 2.25. The molecule has 15 heavy (non-hydrogen) atoms. The van der Waals surface area contributed by atoms with Gasteiger partial charge in [0.05, 0.1) is 10.2 Å². The molecule has 0 amide bonds. The second kappa shape index (κ2) is 3.23. The molecule has 1 saturated carbocycles. The first-order valence-corrected chi connectivity index (χ1v) is 5.98. The van der Waals surface area contributed by atoms with E-state index in [4.69, 9.17) is 5.73 Å². The minimum Gasteiger partial charge on any atom is -0.383 e. The van der Waals surface area contributed by atoms with E-state index in [2.05, 4.69) is 20.9 Å². The lowest BCUT2D eigenvalue weighted by Gasteiger charge is -2.23. The van der Waals surface area contributed by atoms with Gasteiger partial charge < -0.3 is 5.73 Å². The van der Waals surface area contributed by atoms with Gasteiger partial charge in [-0.25, -0.2) is 4.98 Å². The number of rotatable bonds is 1. The van der Waals surface area contributed by atoms with Crippen LogP contribution >= 0.6 is 15.9 Å². The van der Waals surface area contributed by atoms with Crippen molar-refractivity contribution in [2.24, 2.45) is 0 Å². The molecule has 1 fully saturated rings. The summed E-state index contributed by atoms with van der Waals surface area (Å²) < 4.78 is 2.96. The van der Waals surface area contributed by atoms with E-state index < -0.39 is 0 Å². The van der Waals surface area contributed by atoms with Gasteiger partial charge in [-0.05, 0) is 40.9 Å². The molecule has 1 aliphatic carbocycles. The van der Waals surface area contributed by atoms with Gasteiger partial charge in [-0.2, -0.15) is 0 Å². The predicted molar refractivity (Wildman–Crippen MR) is 63.9 cm³/mol. The molecule has 4 heteroatoms. The van der Waals surface area contributed by atoms with E-state index in [0.29, 0.717) is 5.92 Å². The fourth-order valence-corrected chi connectivity index (χ4v) is 2.48. The van der Waals surface area contributed by atoms with Crippen molar-refractivity contribution in [1.82, 2.24) is 9.38 Å². The molecule has 2 aromatic heterocycles. The van der Waals surface area contributed by atoms with Gasteiger partial charge in [0.2, 0.25) is 0 Å². The SMILES string of the molecule is Nc1c(C2CCC2)nc2c(Br)cccn12. The van der Waals surface area contributed by atoms with Crippen molar-refractivity contribution >= 4 is 27.4 Å². The molecule has 2 heterocycles. The highest BCUT2D eigenvalue weighted by Crippen LogP contribution is 2.39. The van der Waals surface area contributed by atoms with Crippen LogP contribution in [0.3, 0.4) is 0 Å². The van der Waals surface area contributed by atoms with E-state index in [-0.39, 0.29) is 0 Å². The zero-order valence-electron chi connectivity index (χ0n) is 8.28. The molecule has 0 spiro atoms. The molecule has 0 aliphatic heterocycles. The van der Waals surface area contributed by atoms with Crippen molar-refractivity contribution in [3.8, 4) is 0 Å². The normalized spacial score (nSPS) is 16.9. The Morgan fingerprint density at radius 1 is 1.47 bits per heavy atom. The number of nitrogens with two attached hydrogens (primary N) is 1. The van der Waals surface area contributed by atoms with Crippen LogP contribution < -0.4 is 5.73 Å². The lowest BCUT2D eigenvalue weighted by Crippen LogP contribution is -2.11. The van der Waals surface area contributed by atoms with E-state index in [1.807, 2.05) is 22.7 Å². The maximum absolute atomic E-state index is 6.10. The molecule has 3 nitrogen and oxygen atoms in total. The summed E-state index contributed by atoms with van der Waals surface area (Å²) in [5.41, 5.74) is 8.10. The first-order chi connectivity index (χ1) is 7.27. The molecule has 2 N–H and O–H groups in total. The van der Waals surface area contributed by atoms with Crippen LogP contribution in [0.5, 0.6) is 0 Å². The summed E-state index contributed by atoms with van der Waals surface area (Å²) in [6.45, 7) is 0. The number of imidazole rings is 1. The Labute approximate surface area is 96.4 Å². The Bertz CT molecular complexity index is 514. The van der Waals surface area contributed by atoms with Gasteiger partial charge in [0.15, 0.2) is 5.65 Å². The van der Waals surface area contributed by atoms with E-state index in [0.717, 1.165) is 21.6 Å². The molecule has 0 bridgehead atoms. The van der Waals surface area contributed by atoms with Crippen LogP contribution in [0.2, 0.25) is 0 Å². The molecule has 1 aliphatic rings. The van der Waals surface area contributed by atoms with Crippen molar-refractivity contribution in [2.45, 2.75) is 25.2 Å². The quantitative estimate of drug-likeness (QED) is 0.862. The Balaban J connectivity index is 2.23. The molecule has 3 rings (SSSR count). The fourth-order valence-electron chi connectivity index (χ4n) is 2.05. The highest BCUT2D eigenvalue weighted by molar-refractivity contribution is 9.10. The molecule has 0 unspecified atom stereocenters. The van der Waals surface area contributed by atoms with Crippen LogP contribution in [0.4, 0.5) is 5.82 Å². The smallest absolute Gasteiger partial charge is 0.153 e. The van der Waals surface area contributed by atoms with Gasteiger partial charge in [0, 0.05) is 12.1 Å². The number of hydrogen-bond acceptors (Lipinski definition) is 2. The molecule has 2 aromatic rings. The first-order valence-electron chi connectivity index (χ1n) is 5.19. The van der Waals surface area contributed by atoms with Crippen LogP contribution in [-0.2, 0) is 0 Å². The van der Waals surface area contributed by atoms with Crippen molar-refractivity contribution in [3.63, 3.8) is 0 Å². The maximum Gasteiger partial charge on any atom is 0.153 e. The lowest BCUT2D eigenvalue weighted by molar-refractivity contribution is 0.414. The minimum absolute atomic E-state index is 0.580. The standard InChI is InChI=1S/C11H12BrN3/c12-8-5-2-6-15-10(13)9(14-11(8)15)7-3-1-4-7/h2,5-7H,1,3-4,13H2. The Kier molecular flexibility index (Phi) is 1.99. The number of hydrogen-bond donors (Lipinski definition) is 1. The molecule has 0 atom stereocenters. The third kappa shape index (κ3) is 1.28. The van der Waals surface area contributed by atoms with Crippen LogP contribution in [-0.4, -0.2) is 9.38 Å². The monoisotopic (exact) mass is 265 g/mol. The van der Waals surface area contributed by atoms with Gasteiger partial charge >= 0.3 is 0 Å². The van der Waals surface area contributed by atoms with Gasteiger partial charge in [0.25, 0.3) is 0 Å². The van der Waals surface area contributed by atoms with Crippen LogP contribution in [0, 0.1) is 0 Å². The van der Waals surface area contributed by atoms with Crippen LogP contribution in [0.25, 0.3) is 5.65 Å². The molecule has 0 saturated heterocycles. The summed E-state index contributed by atoms with van der Waals surface area (Å²) >= 11 is 3.49. The van der Waals surface area contributed by atoms with Crippen molar-refractivity contribution in [2.75, 3.05) is 5.73 Å². The average Bonchev–Trinajstić information content (AvgIpc) is 2.45. The lowest BCUT2D eigenvalue weighted by atomic mass is 9.83. The van der Waals surface area contributed by atoms with Crippen molar-refractivity contribution < 1.29 is 0 Å². The van der Waals surface area contributed by atoms with Gasteiger partial charge in [-0.15, -0.1) is 0 Å². The first kappa shape index (κ1) is 9.21. The Hall–Kier alpha value is -1.03. The summed E-state index contributed by atoms with van der Waals surface area (Å²) in [7, 11) is 0. The van der Waals surface area contributed by atoms with Gasteiger partial charge in [-0.3, -0.25) is 4.40 Å². The number of nitrogen functional groups attached to an aromatic ring is 1. The molecular formula is C11H12BrN3. The Morgan fingerprint density at radius 3 is 2.87 bits per heavy atom. The van der Waals surface area contributed by atoms with Crippen molar-refractivity contribution in [1.29, 1.82) is 0 Å². The molecule has 78 valence electrons. The van der Waals surface area contributed by atoms with Crippen LogP contribution in [0.1, 0.15) is 30.9 Å². The summed E-state index contributed by atoms with van der Waals surface area (Å²) in [5.74, 6) is 1.38. The number of anilines is 1. The van der Waals surface area contributed by atoms with E-state index in [1.54, 1.807) is 0 Å². The van der Waals surface area contributed by atoms with Crippen LogP contribution in [0.15, 0.2) is 22.8 Å². The zero-order valence-corrected chi connectivity index (χ0v) is 9.87. The highest BCUT2D eigenvalue weighted by atomic mass is 79.9. The third-order valence-corrected chi connectivity index (χ3v) is 3.78. The van der Waals surface area contributed by atoms with E-state index >= 15 is 0 Å². The summed E-state index contributed by atoms with van der Waals surface area (Å²) in [6.07, 6.45) is 5.72. The third-order valence-electron chi connectivity index (χ3n) is 3.16. The predicted octanol–water partition coefficient (Wildman–Crippen LogP) is 2.95. The molecule has 0 radical (unpaired) electrons.